The molecule has 0 spiro atoms. The van der Waals surface area contributed by atoms with E-state index in [4.69, 9.17) is 14.2 Å². The minimum absolute atomic E-state index is 0.260. The van der Waals surface area contributed by atoms with Crippen LogP contribution in [0.3, 0.4) is 0 Å². The van der Waals surface area contributed by atoms with Crippen LogP contribution in [0.25, 0.3) is 0 Å². The molecule has 10 nitrogen and oxygen atoms in total. The number of nitrogens with zero attached hydrogens (tertiary/aromatic N) is 6. The van der Waals surface area contributed by atoms with Gasteiger partial charge < -0.3 is 19.1 Å². The number of anilines is 2. The predicted molar refractivity (Wildman–Crippen MR) is 120 cm³/mol. The lowest BCUT2D eigenvalue weighted by Crippen LogP contribution is -2.38. The van der Waals surface area contributed by atoms with E-state index in [1.165, 1.54) is 5.56 Å². The summed E-state index contributed by atoms with van der Waals surface area (Å²) in [5.41, 5.74) is 5.04. The summed E-state index contributed by atoms with van der Waals surface area (Å²) in [6.07, 6.45) is 1.73. The maximum atomic E-state index is 5.83. The molecule has 1 aliphatic heterocycles. The second-order valence-corrected chi connectivity index (χ2v) is 7.24. The third kappa shape index (κ3) is 7.74. The normalized spacial score (nSPS) is 14.7. The van der Waals surface area contributed by atoms with E-state index in [9.17, 15) is 0 Å². The fourth-order valence-electron chi connectivity index (χ4n) is 2.97. The second-order valence-electron chi connectivity index (χ2n) is 7.24. The van der Waals surface area contributed by atoms with Gasteiger partial charge in [0.1, 0.15) is 6.61 Å². The van der Waals surface area contributed by atoms with Crippen molar-refractivity contribution in [2.45, 2.75) is 6.92 Å². The van der Waals surface area contributed by atoms with Gasteiger partial charge in [0.15, 0.2) is 0 Å². The number of methoxy groups -OCH3 is 1. The van der Waals surface area contributed by atoms with Crippen LogP contribution < -0.4 is 15.1 Å². The molecule has 1 N–H and O–H groups in total. The summed E-state index contributed by atoms with van der Waals surface area (Å²) in [4.78, 5) is 17.4. The van der Waals surface area contributed by atoms with E-state index < -0.39 is 0 Å². The van der Waals surface area contributed by atoms with Crippen LogP contribution in [0.4, 0.5) is 11.9 Å². The van der Waals surface area contributed by atoms with Gasteiger partial charge in [0.25, 0.3) is 5.95 Å². The lowest BCUT2D eigenvalue weighted by Gasteiger charge is -2.26. The van der Waals surface area contributed by atoms with Crippen LogP contribution in [0.5, 0.6) is 6.01 Å². The summed E-state index contributed by atoms with van der Waals surface area (Å²) in [5.74, 6) is 0.807. The standard InChI is InChI=1S/C21H31N7O3/c1-17-5-4-6-18(15-17)16-22-26-19-23-20(27(2)7-11-29-3)25-21(24-19)31-14-10-28-8-12-30-13-9-28/h4-6,15-16H,7-14H2,1-3H3,(H,23,24,25,26). The van der Waals surface area contributed by atoms with Gasteiger partial charge in [-0.2, -0.15) is 20.1 Å². The first-order valence-electron chi connectivity index (χ1n) is 10.4. The molecule has 3 rings (SSSR count). The monoisotopic (exact) mass is 429 g/mol. The average molecular weight is 430 g/mol. The maximum Gasteiger partial charge on any atom is 0.323 e. The van der Waals surface area contributed by atoms with E-state index in [0.717, 1.165) is 38.4 Å². The van der Waals surface area contributed by atoms with Crippen molar-refractivity contribution in [1.29, 1.82) is 0 Å². The molecule has 1 aromatic carbocycles. The Morgan fingerprint density at radius 1 is 1.23 bits per heavy atom. The molecule has 0 amide bonds. The summed E-state index contributed by atoms with van der Waals surface area (Å²) in [6.45, 7) is 7.84. The Balaban J connectivity index is 1.66. The first-order valence-corrected chi connectivity index (χ1v) is 10.4. The molecule has 0 atom stereocenters. The minimum atomic E-state index is 0.260. The average Bonchev–Trinajstić information content (AvgIpc) is 2.78. The SMILES string of the molecule is COCCN(C)c1nc(NN=Cc2cccc(C)c2)nc(OCCN2CCOCC2)n1. The van der Waals surface area contributed by atoms with Gasteiger partial charge >= 0.3 is 6.01 Å². The number of hydrogen-bond donors (Lipinski definition) is 1. The summed E-state index contributed by atoms with van der Waals surface area (Å²) in [6, 6.07) is 8.32. The van der Waals surface area contributed by atoms with Gasteiger partial charge in [-0.1, -0.05) is 29.8 Å². The fourth-order valence-corrected chi connectivity index (χ4v) is 2.97. The zero-order valence-electron chi connectivity index (χ0n) is 18.5. The number of hydrazone groups is 1. The van der Waals surface area contributed by atoms with Crippen LogP contribution in [0.1, 0.15) is 11.1 Å². The van der Waals surface area contributed by atoms with Crippen LogP contribution in [0, 0.1) is 6.92 Å². The molecule has 2 aromatic rings. The smallest absolute Gasteiger partial charge is 0.323 e. The Labute approximate surface area is 183 Å². The molecule has 2 heterocycles. The number of aryl methyl sites for hydroxylation is 1. The van der Waals surface area contributed by atoms with Crippen molar-refractivity contribution in [2.75, 3.05) is 77.1 Å². The van der Waals surface area contributed by atoms with E-state index in [1.807, 2.05) is 43.1 Å². The number of rotatable bonds is 11. The molecule has 0 unspecified atom stereocenters. The van der Waals surface area contributed by atoms with Crippen molar-refractivity contribution in [3.63, 3.8) is 0 Å². The van der Waals surface area contributed by atoms with E-state index in [0.29, 0.717) is 31.7 Å². The number of aromatic nitrogens is 3. The summed E-state index contributed by atoms with van der Waals surface area (Å²) < 4.78 is 16.4. The van der Waals surface area contributed by atoms with Crippen LogP contribution in [0.15, 0.2) is 29.4 Å². The molecule has 0 aliphatic carbocycles. The summed E-state index contributed by atoms with van der Waals surface area (Å²) in [5, 5.41) is 4.26. The van der Waals surface area contributed by atoms with E-state index in [-0.39, 0.29) is 6.01 Å². The quantitative estimate of drug-likeness (QED) is 0.420. The zero-order valence-corrected chi connectivity index (χ0v) is 18.5. The highest BCUT2D eigenvalue weighted by Gasteiger charge is 2.13. The third-order valence-corrected chi connectivity index (χ3v) is 4.74. The molecule has 168 valence electrons. The topological polar surface area (TPSA) is 97.2 Å². The lowest BCUT2D eigenvalue weighted by atomic mass is 10.2. The van der Waals surface area contributed by atoms with Crippen molar-refractivity contribution in [3.8, 4) is 6.01 Å². The first kappa shape index (κ1) is 22.9. The van der Waals surface area contributed by atoms with Gasteiger partial charge in [-0.05, 0) is 12.5 Å². The van der Waals surface area contributed by atoms with Gasteiger partial charge in [0.05, 0.1) is 26.0 Å². The molecule has 1 aromatic heterocycles. The van der Waals surface area contributed by atoms with Gasteiger partial charge in [0, 0.05) is 40.3 Å². The van der Waals surface area contributed by atoms with Crippen molar-refractivity contribution in [3.05, 3.63) is 35.4 Å². The molecule has 0 saturated carbocycles. The minimum Gasteiger partial charge on any atom is -0.462 e. The summed E-state index contributed by atoms with van der Waals surface area (Å²) in [7, 11) is 3.56. The summed E-state index contributed by atoms with van der Waals surface area (Å²) >= 11 is 0. The first-order chi connectivity index (χ1) is 15.1. The van der Waals surface area contributed by atoms with Crippen molar-refractivity contribution in [2.24, 2.45) is 5.10 Å². The number of hydrogen-bond acceptors (Lipinski definition) is 10. The molecule has 1 aliphatic rings. The van der Waals surface area contributed by atoms with Crippen LogP contribution in [-0.4, -0.2) is 92.8 Å². The van der Waals surface area contributed by atoms with E-state index in [2.05, 4.69) is 30.4 Å². The molecule has 0 bridgehead atoms. The molecular weight excluding hydrogens is 398 g/mol. The molecular formula is C21H31N7O3. The van der Waals surface area contributed by atoms with E-state index in [1.54, 1.807) is 13.3 Å². The van der Waals surface area contributed by atoms with Crippen molar-refractivity contribution in [1.82, 2.24) is 19.9 Å². The van der Waals surface area contributed by atoms with Gasteiger partial charge in [0.2, 0.25) is 5.95 Å². The van der Waals surface area contributed by atoms with Crippen LogP contribution in [-0.2, 0) is 9.47 Å². The number of likely N-dealkylation sites (N-methyl/N-ethyl adjacent to an activating group) is 1. The van der Waals surface area contributed by atoms with Gasteiger partial charge in [-0.25, -0.2) is 5.43 Å². The maximum absolute atomic E-state index is 5.83. The van der Waals surface area contributed by atoms with Crippen molar-refractivity contribution >= 4 is 18.1 Å². The molecule has 31 heavy (non-hydrogen) atoms. The largest absolute Gasteiger partial charge is 0.462 e. The fraction of sp³-hybridized carbons (Fsp3) is 0.524. The zero-order chi connectivity index (χ0) is 21.9. The predicted octanol–water partition coefficient (Wildman–Crippen LogP) is 1.42. The Hall–Kier alpha value is -2.82. The number of morpholine rings is 1. The van der Waals surface area contributed by atoms with Gasteiger partial charge in [-0.3, -0.25) is 4.90 Å². The lowest BCUT2D eigenvalue weighted by molar-refractivity contribution is 0.0317. The Bertz CT molecular complexity index is 843. The third-order valence-electron chi connectivity index (χ3n) is 4.74. The highest BCUT2D eigenvalue weighted by molar-refractivity contribution is 5.80. The van der Waals surface area contributed by atoms with Crippen LogP contribution in [0.2, 0.25) is 0 Å². The highest BCUT2D eigenvalue weighted by atomic mass is 16.5. The molecule has 1 fully saturated rings. The highest BCUT2D eigenvalue weighted by Crippen LogP contribution is 2.14. The van der Waals surface area contributed by atoms with Crippen LogP contribution >= 0.6 is 0 Å². The number of benzene rings is 1. The molecule has 0 radical (unpaired) electrons. The van der Waals surface area contributed by atoms with Gasteiger partial charge in [-0.15, -0.1) is 0 Å². The van der Waals surface area contributed by atoms with Crippen molar-refractivity contribution < 1.29 is 14.2 Å². The Morgan fingerprint density at radius 2 is 2.06 bits per heavy atom. The molecule has 1 saturated heterocycles. The number of nitrogens with one attached hydrogen (secondary N) is 1. The Morgan fingerprint density at radius 3 is 2.84 bits per heavy atom. The Kier molecular flexibility index (Phi) is 8.95. The van der Waals surface area contributed by atoms with E-state index >= 15 is 0 Å². The molecule has 10 heteroatoms. The second kappa shape index (κ2) is 12.1. The number of ether oxygens (including phenoxy) is 3.